The molecule has 0 bridgehead atoms. The number of hydrogen-bond acceptors (Lipinski definition) is 5. The Hall–Kier alpha value is -1.53. The lowest BCUT2D eigenvalue weighted by Crippen LogP contribution is -1.99. The number of benzene rings is 2. The average Bonchev–Trinajstić information content (AvgIpc) is 3.02. The zero-order valence-corrected chi connectivity index (χ0v) is 17.9. The summed E-state index contributed by atoms with van der Waals surface area (Å²) in [6, 6.07) is 11.6. The molecule has 0 amide bonds. The van der Waals surface area contributed by atoms with E-state index in [2.05, 4.69) is 11.1 Å². The van der Waals surface area contributed by atoms with Crippen molar-refractivity contribution in [2.45, 2.75) is 24.5 Å². The highest BCUT2D eigenvalue weighted by Crippen LogP contribution is 2.35. The van der Waals surface area contributed by atoms with Crippen LogP contribution in [0.15, 0.2) is 41.3 Å². The number of ether oxygens (including phenoxy) is 1. The lowest BCUT2D eigenvalue weighted by molar-refractivity contribution is -0.109. The number of nitrogens with zero attached hydrogens (tertiary/aromatic N) is 1. The highest BCUT2D eigenvalue weighted by Gasteiger charge is 2.12. The lowest BCUT2D eigenvalue weighted by Gasteiger charge is -2.08. The molecule has 1 heterocycles. The van der Waals surface area contributed by atoms with Crippen molar-refractivity contribution in [3.63, 3.8) is 0 Å². The van der Waals surface area contributed by atoms with Gasteiger partial charge in [-0.3, -0.25) is 4.79 Å². The van der Waals surface area contributed by atoms with Gasteiger partial charge in [-0.1, -0.05) is 29.3 Å². The summed E-state index contributed by atoms with van der Waals surface area (Å²) in [5.41, 5.74) is 3.01. The SMILES string of the molecule is Cc1cc(SCc2sc(-c3ccc(Cl)c(Cl)c3)nc2C)ccc1OCC=O. The summed E-state index contributed by atoms with van der Waals surface area (Å²) in [7, 11) is 0. The molecule has 7 heteroatoms. The largest absolute Gasteiger partial charge is 0.486 e. The Balaban J connectivity index is 1.71. The lowest BCUT2D eigenvalue weighted by atomic mass is 10.2. The number of carbonyl (C=O) groups is 1. The van der Waals surface area contributed by atoms with Crippen molar-refractivity contribution in [2.24, 2.45) is 0 Å². The summed E-state index contributed by atoms with van der Waals surface area (Å²) in [5, 5.41) is 2.01. The smallest absolute Gasteiger partial charge is 0.157 e. The molecule has 140 valence electrons. The monoisotopic (exact) mass is 437 g/mol. The van der Waals surface area contributed by atoms with Gasteiger partial charge in [-0.15, -0.1) is 23.1 Å². The van der Waals surface area contributed by atoms with Crippen LogP contribution < -0.4 is 4.74 Å². The molecule has 3 rings (SSSR count). The molecule has 0 radical (unpaired) electrons. The Labute approximate surface area is 176 Å². The Morgan fingerprint density at radius 1 is 1.15 bits per heavy atom. The van der Waals surface area contributed by atoms with Crippen LogP contribution in [0.5, 0.6) is 5.75 Å². The number of thioether (sulfide) groups is 1. The molecule has 0 fully saturated rings. The van der Waals surface area contributed by atoms with Gasteiger partial charge in [0.2, 0.25) is 0 Å². The highest BCUT2D eigenvalue weighted by molar-refractivity contribution is 7.98. The van der Waals surface area contributed by atoms with Crippen LogP contribution in [0.25, 0.3) is 10.6 Å². The van der Waals surface area contributed by atoms with E-state index in [1.807, 2.05) is 38.1 Å². The Kier molecular flexibility index (Phi) is 6.82. The van der Waals surface area contributed by atoms with Crippen LogP contribution in [0.1, 0.15) is 16.1 Å². The van der Waals surface area contributed by atoms with Crippen molar-refractivity contribution < 1.29 is 9.53 Å². The van der Waals surface area contributed by atoms with Gasteiger partial charge in [-0.2, -0.15) is 0 Å². The normalized spacial score (nSPS) is 10.8. The van der Waals surface area contributed by atoms with Gasteiger partial charge in [0, 0.05) is 21.1 Å². The predicted octanol–water partition coefficient (Wildman–Crippen LogP) is 6.60. The first-order valence-corrected chi connectivity index (χ1v) is 10.8. The molecule has 0 aliphatic carbocycles. The topological polar surface area (TPSA) is 39.2 Å². The van der Waals surface area contributed by atoms with Crippen molar-refractivity contribution in [3.05, 3.63) is 62.6 Å². The average molecular weight is 438 g/mol. The van der Waals surface area contributed by atoms with Crippen molar-refractivity contribution >= 4 is 52.6 Å². The maximum Gasteiger partial charge on any atom is 0.157 e. The number of thiazole rings is 1. The third kappa shape index (κ3) is 5.05. The van der Waals surface area contributed by atoms with E-state index < -0.39 is 0 Å². The molecule has 3 aromatic rings. The van der Waals surface area contributed by atoms with Gasteiger partial charge in [0.05, 0.1) is 15.7 Å². The molecule has 2 aromatic carbocycles. The molecule has 0 aliphatic rings. The van der Waals surface area contributed by atoms with Gasteiger partial charge in [0.25, 0.3) is 0 Å². The van der Waals surface area contributed by atoms with Crippen LogP contribution in [0.3, 0.4) is 0 Å². The first-order valence-electron chi connectivity index (χ1n) is 8.19. The zero-order valence-electron chi connectivity index (χ0n) is 14.8. The Morgan fingerprint density at radius 3 is 2.67 bits per heavy atom. The van der Waals surface area contributed by atoms with Gasteiger partial charge in [0.1, 0.15) is 17.4 Å². The van der Waals surface area contributed by atoms with Crippen LogP contribution in [0.2, 0.25) is 10.0 Å². The minimum atomic E-state index is 0.0743. The first-order chi connectivity index (χ1) is 13.0. The van der Waals surface area contributed by atoms with Gasteiger partial charge < -0.3 is 4.74 Å². The molecule has 0 N–H and O–H groups in total. The summed E-state index contributed by atoms with van der Waals surface area (Å²) in [4.78, 5) is 17.5. The fourth-order valence-electron chi connectivity index (χ4n) is 2.46. The zero-order chi connectivity index (χ0) is 19.4. The molecule has 3 nitrogen and oxygen atoms in total. The molecule has 0 saturated carbocycles. The van der Waals surface area contributed by atoms with E-state index in [-0.39, 0.29) is 6.61 Å². The van der Waals surface area contributed by atoms with Crippen molar-refractivity contribution in [1.82, 2.24) is 4.98 Å². The van der Waals surface area contributed by atoms with E-state index in [0.717, 1.165) is 44.5 Å². The second-order valence-electron chi connectivity index (χ2n) is 5.85. The predicted molar refractivity (Wildman–Crippen MR) is 115 cm³/mol. The van der Waals surface area contributed by atoms with E-state index in [1.54, 1.807) is 29.2 Å². The molecule has 0 saturated heterocycles. The van der Waals surface area contributed by atoms with Crippen LogP contribution in [-0.4, -0.2) is 17.9 Å². The third-order valence-corrected chi connectivity index (χ3v) is 7.03. The summed E-state index contributed by atoms with van der Waals surface area (Å²) < 4.78 is 5.39. The van der Waals surface area contributed by atoms with Crippen LogP contribution in [0, 0.1) is 13.8 Å². The van der Waals surface area contributed by atoms with Gasteiger partial charge in [-0.05, 0) is 49.7 Å². The second kappa shape index (κ2) is 9.11. The second-order valence-corrected chi connectivity index (χ2v) is 8.80. The molecular weight excluding hydrogens is 421 g/mol. The number of halogens is 2. The Morgan fingerprint density at radius 2 is 1.96 bits per heavy atom. The first kappa shape index (κ1) is 20.2. The standard InChI is InChI=1S/C20H17Cl2NO2S2/c1-12-9-15(4-6-18(12)25-8-7-24)26-11-19-13(2)23-20(27-19)14-3-5-16(21)17(22)10-14/h3-7,9-10H,8,11H2,1-2H3. The minimum Gasteiger partial charge on any atom is -0.486 e. The van der Waals surface area contributed by atoms with Gasteiger partial charge >= 0.3 is 0 Å². The molecule has 0 unspecified atom stereocenters. The fourth-order valence-corrected chi connectivity index (χ4v) is 4.96. The summed E-state index contributed by atoms with van der Waals surface area (Å²) in [6.07, 6.45) is 0.750. The number of aromatic nitrogens is 1. The van der Waals surface area contributed by atoms with Gasteiger partial charge in [0.15, 0.2) is 6.29 Å². The maximum atomic E-state index is 10.4. The Bertz CT molecular complexity index is 973. The summed E-state index contributed by atoms with van der Waals surface area (Å²) in [5.74, 6) is 1.57. The van der Waals surface area contributed by atoms with Gasteiger partial charge in [-0.25, -0.2) is 4.98 Å². The minimum absolute atomic E-state index is 0.0743. The van der Waals surface area contributed by atoms with Crippen LogP contribution in [-0.2, 0) is 10.5 Å². The molecule has 0 aliphatic heterocycles. The summed E-state index contributed by atoms with van der Waals surface area (Å²) >= 11 is 15.5. The number of hydrogen-bond donors (Lipinski definition) is 0. The molecule has 27 heavy (non-hydrogen) atoms. The summed E-state index contributed by atoms with van der Waals surface area (Å²) in [6.45, 7) is 4.07. The number of rotatable bonds is 7. The number of aryl methyl sites for hydroxylation is 2. The number of carbonyl (C=O) groups excluding carboxylic acids is 1. The number of aldehydes is 1. The highest BCUT2D eigenvalue weighted by atomic mass is 35.5. The molecular formula is C20H17Cl2NO2S2. The van der Waals surface area contributed by atoms with E-state index in [0.29, 0.717) is 10.0 Å². The quantitative estimate of drug-likeness (QED) is 0.308. The van der Waals surface area contributed by atoms with Crippen molar-refractivity contribution in [2.75, 3.05) is 6.61 Å². The van der Waals surface area contributed by atoms with Crippen LogP contribution in [0.4, 0.5) is 0 Å². The fraction of sp³-hybridized carbons (Fsp3) is 0.200. The third-order valence-electron chi connectivity index (χ3n) is 3.88. The van der Waals surface area contributed by atoms with E-state index in [4.69, 9.17) is 27.9 Å². The van der Waals surface area contributed by atoms with Crippen molar-refractivity contribution in [3.8, 4) is 16.3 Å². The molecule has 1 aromatic heterocycles. The van der Waals surface area contributed by atoms with Crippen LogP contribution >= 0.6 is 46.3 Å². The molecule has 0 atom stereocenters. The maximum absolute atomic E-state index is 10.4. The van der Waals surface area contributed by atoms with Crippen molar-refractivity contribution in [1.29, 1.82) is 0 Å². The molecule has 0 spiro atoms. The van der Waals surface area contributed by atoms with E-state index >= 15 is 0 Å². The van der Waals surface area contributed by atoms with E-state index in [1.165, 1.54) is 4.88 Å². The van der Waals surface area contributed by atoms with E-state index in [9.17, 15) is 4.79 Å².